The molecule has 0 aliphatic rings. The third-order valence-electron chi connectivity index (χ3n) is 4.96. The van der Waals surface area contributed by atoms with E-state index in [0.29, 0.717) is 0 Å². The van der Waals surface area contributed by atoms with Gasteiger partial charge in [-0.15, -0.1) is 0 Å². The lowest BCUT2D eigenvalue weighted by molar-refractivity contribution is 1.13. The first-order chi connectivity index (χ1) is 14.2. The Kier molecular flexibility index (Phi) is 5.57. The van der Waals surface area contributed by atoms with E-state index in [1.54, 1.807) is 0 Å². The number of pyridine rings is 1. The van der Waals surface area contributed by atoms with Crippen molar-refractivity contribution in [2.75, 3.05) is 10.2 Å². The van der Waals surface area contributed by atoms with Gasteiger partial charge in [0.15, 0.2) is 0 Å². The number of hydrogen-bond donors (Lipinski definition) is 1. The van der Waals surface area contributed by atoms with Crippen molar-refractivity contribution in [3.05, 3.63) is 114 Å². The second-order valence-electron chi connectivity index (χ2n) is 7.26. The van der Waals surface area contributed by atoms with Crippen molar-refractivity contribution in [3.8, 4) is 0 Å². The van der Waals surface area contributed by atoms with Crippen molar-refractivity contribution in [1.82, 2.24) is 4.98 Å². The summed E-state index contributed by atoms with van der Waals surface area (Å²) in [5.41, 5.74) is 8.26. The van der Waals surface area contributed by atoms with Crippen molar-refractivity contribution in [1.29, 1.82) is 0 Å². The summed E-state index contributed by atoms with van der Waals surface area (Å²) in [5.74, 6) is 0. The Bertz CT molecular complexity index is 992. The molecule has 29 heavy (non-hydrogen) atoms. The molecule has 0 fully saturated rings. The normalized spacial score (nSPS) is 10.6. The predicted molar refractivity (Wildman–Crippen MR) is 122 cm³/mol. The van der Waals surface area contributed by atoms with Crippen LogP contribution in [0.1, 0.15) is 16.7 Å². The molecule has 0 atom stereocenters. The Hall–Kier alpha value is -3.59. The molecule has 4 rings (SSSR count). The van der Waals surface area contributed by atoms with Crippen LogP contribution in [0.3, 0.4) is 0 Å². The number of benzene rings is 3. The van der Waals surface area contributed by atoms with E-state index in [0.717, 1.165) is 29.3 Å². The van der Waals surface area contributed by atoms with Gasteiger partial charge < -0.3 is 10.2 Å². The van der Waals surface area contributed by atoms with Gasteiger partial charge in [0.1, 0.15) is 0 Å². The molecule has 0 amide bonds. The lowest BCUT2D eigenvalue weighted by atomic mass is 10.1. The zero-order chi connectivity index (χ0) is 20.1. The summed E-state index contributed by atoms with van der Waals surface area (Å²) < 4.78 is 0. The molecule has 0 saturated carbocycles. The highest BCUT2D eigenvalue weighted by Gasteiger charge is 2.12. The van der Waals surface area contributed by atoms with E-state index in [2.05, 4.69) is 102 Å². The van der Waals surface area contributed by atoms with Gasteiger partial charge in [0.25, 0.3) is 0 Å². The van der Waals surface area contributed by atoms with Crippen LogP contribution in [0.4, 0.5) is 22.7 Å². The number of aromatic nitrogens is 1. The zero-order valence-corrected chi connectivity index (χ0v) is 16.8. The molecule has 0 radical (unpaired) electrons. The van der Waals surface area contributed by atoms with Crippen molar-refractivity contribution in [3.63, 3.8) is 0 Å². The van der Waals surface area contributed by atoms with Crippen LogP contribution in [0, 0.1) is 13.8 Å². The summed E-state index contributed by atoms with van der Waals surface area (Å²) in [6, 6.07) is 29.9. The Morgan fingerprint density at radius 3 is 1.55 bits per heavy atom. The molecule has 1 heterocycles. The first-order valence-electron chi connectivity index (χ1n) is 9.85. The van der Waals surface area contributed by atoms with Gasteiger partial charge in [0, 0.05) is 41.7 Å². The van der Waals surface area contributed by atoms with Gasteiger partial charge in [0.2, 0.25) is 0 Å². The average molecular weight is 380 g/mol. The van der Waals surface area contributed by atoms with E-state index in [-0.39, 0.29) is 0 Å². The molecule has 0 unspecified atom stereocenters. The SMILES string of the molecule is Cc1ccc(N(c2ccc(C)cc2)c2ccc(NCc3ccncc3)cc2)cc1. The molecule has 1 N–H and O–H groups in total. The van der Waals surface area contributed by atoms with E-state index in [1.807, 2.05) is 24.5 Å². The second kappa shape index (κ2) is 8.61. The lowest BCUT2D eigenvalue weighted by Gasteiger charge is -2.26. The highest BCUT2D eigenvalue weighted by molar-refractivity contribution is 5.77. The Morgan fingerprint density at radius 1 is 0.621 bits per heavy atom. The second-order valence-corrected chi connectivity index (χ2v) is 7.26. The van der Waals surface area contributed by atoms with Crippen LogP contribution < -0.4 is 10.2 Å². The van der Waals surface area contributed by atoms with Gasteiger partial charge in [-0.25, -0.2) is 0 Å². The van der Waals surface area contributed by atoms with Crippen LogP contribution in [0.2, 0.25) is 0 Å². The minimum absolute atomic E-state index is 0.779. The third-order valence-corrected chi connectivity index (χ3v) is 4.96. The fourth-order valence-electron chi connectivity index (χ4n) is 3.27. The molecule has 3 heteroatoms. The molecule has 3 aromatic carbocycles. The first kappa shape index (κ1) is 18.8. The molecule has 0 aliphatic heterocycles. The number of rotatable bonds is 6. The van der Waals surface area contributed by atoms with E-state index >= 15 is 0 Å². The molecule has 0 bridgehead atoms. The molecule has 0 saturated heterocycles. The fraction of sp³-hybridized carbons (Fsp3) is 0.115. The number of hydrogen-bond acceptors (Lipinski definition) is 3. The Morgan fingerprint density at radius 2 is 1.07 bits per heavy atom. The summed E-state index contributed by atoms with van der Waals surface area (Å²) in [6.45, 7) is 5.01. The molecule has 0 aliphatic carbocycles. The summed E-state index contributed by atoms with van der Waals surface area (Å²) in [6.07, 6.45) is 3.64. The van der Waals surface area contributed by atoms with E-state index in [4.69, 9.17) is 0 Å². The third kappa shape index (κ3) is 4.64. The topological polar surface area (TPSA) is 28.2 Å². The fourth-order valence-corrected chi connectivity index (χ4v) is 3.27. The summed E-state index contributed by atoms with van der Waals surface area (Å²) in [4.78, 5) is 6.35. The number of nitrogens with zero attached hydrogens (tertiary/aromatic N) is 2. The first-order valence-corrected chi connectivity index (χ1v) is 9.85. The number of nitrogens with one attached hydrogen (secondary N) is 1. The molecule has 4 aromatic rings. The summed E-state index contributed by atoms with van der Waals surface area (Å²) in [7, 11) is 0. The van der Waals surface area contributed by atoms with Crippen molar-refractivity contribution in [2.24, 2.45) is 0 Å². The molecule has 144 valence electrons. The van der Waals surface area contributed by atoms with Crippen LogP contribution in [0.25, 0.3) is 0 Å². The van der Waals surface area contributed by atoms with Crippen LogP contribution in [0.15, 0.2) is 97.3 Å². The minimum atomic E-state index is 0.779. The monoisotopic (exact) mass is 379 g/mol. The minimum Gasteiger partial charge on any atom is -0.381 e. The highest BCUT2D eigenvalue weighted by Crippen LogP contribution is 2.35. The van der Waals surface area contributed by atoms with Gasteiger partial charge in [-0.05, 0) is 80.1 Å². The van der Waals surface area contributed by atoms with Crippen LogP contribution >= 0.6 is 0 Å². The Labute approximate surface area is 172 Å². The summed E-state index contributed by atoms with van der Waals surface area (Å²) >= 11 is 0. The van der Waals surface area contributed by atoms with Crippen molar-refractivity contribution >= 4 is 22.7 Å². The maximum atomic E-state index is 4.07. The van der Waals surface area contributed by atoms with Crippen molar-refractivity contribution < 1.29 is 0 Å². The van der Waals surface area contributed by atoms with Gasteiger partial charge in [-0.2, -0.15) is 0 Å². The number of aryl methyl sites for hydroxylation is 2. The average Bonchev–Trinajstić information content (AvgIpc) is 2.77. The van der Waals surface area contributed by atoms with E-state index < -0.39 is 0 Å². The predicted octanol–water partition coefficient (Wildman–Crippen LogP) is 6.78. The lowest BCUT2D eigenvalue weighted by Crippen LogP contribution is -2.10. The largest absolute Gasteiger partial charge is 0.381 e. The van der Waals surface area contributed by atoms with Crippen molar-refractivity contribution in [2.45, 2.75) is 20.4 Å². The van der Waals surface area contributed by atoms with Gasteiger partial charge in [-0.3, -0.25) is 4.98 Å². The van der Waals surface area contributed by atoms with Gasteiger partial charge >= 0.3 is 0 Å². The zero-order valence-electron chi connectivity index (χ0n) is 16.8. The number of anilines is 4. The van der Waals surface area contributed by atoms with Crippen LogP contribution in [-0.4, -0.2) is 4.98 Å². The molecule has 1 aromatic heterocycles. The molecule has 3 nitrogen and oxygen atoms in total. The summed E-state index contributed by atoms with van der Waals surface area (Å²) in [5, 5.41) is 3.48. The maximum absolute atomic E-state index is 4.07. The van der Waals surface area contributed by atoms with Gasteiger partial charge in [0.05, 0.1) is 0 Å². The standard InChI is InChI=1S/C26H25N3/c1-20-3-9-24(10-4-20)29(25-11-5-21(2)6-12-25)26-13-7-23(8-14-26)28-19-22-15-17-27-18-16-22/h3-18,28H,19H2,1-2H3. The van der Waals surface area contributed by atoms with Crippen LogP contribution in [-0.2, 0) is 6.54 Å². The Balaban J connectivity index is 1.60. The molecule has 0 spiro atoms. The smallest absolute Gasteiger partial charge is 0.0463 e. The van der Waals surface area contributed by atoms with Gasteiger partial charge in [-0.1, -0.05) is 35.4 Å². The van der Waals surface area contributed by atoms with Crippen LogP contribution in [0.5, 0.6) is 0 Å². The highest BCUT2D eigenvalue weighted by atomic mass is 15.1. The molecular formula is C26H25N3. The quantitative estimate of drug-likeness (QED) is 0.400. The van der Waals surface area contributed by atoms with E-state index in [9.17, 15) is 0 Å². The maximum Gasteiger partial charge on any atom is 0.0463 e. The molecular weight excluding hydrogens is 354 g/mol. The van der Waals surface area contributed by atoms with E-state index in [1.165, 1.54) is 16.7 Å².